The van der Waals surface area contributed by atoms with Crippen molar-refractivity contribution in [2.75, 3.05) is 13.1 Å². The van der Waals surface area contributed by atoms with Crippen molar-refractivity contribution in [2.24, 2.45) is 16.8 Å². The zero-order valence-corrected chi connectivity index (χ0v) is 11.9. The first-order valence-corrected chi connectivity index (χ1v) is 7.03. The van der Waals surface area contributed by atoms with Gasteiger partial charge in [-0.05, 0) is 29.9 Å². The topological polar surface area (TPSA) is 53.6 Å². The van der Waals surface area contributed by atoms with Gasteiger partial charge in [0.05, 0.1) is 0 Å². The molecule has 0 saturated carbocycles. The molecule has 1 aliphatic heterocycles. The van der Waals surface area contributed by atoms with Crippen molar-refractivity contribution >= 4 is 5.96 Å². The van der Waals surface area contributed by atoms with Crippen LogP contribution in [-0.4, -0.2) is 23.9 Å². The van der Waals surface area contributed by atoms with Crippen LogP contribution < -0.4 is 11.3 Å². The molecule has 104 valence electrons. The summed E-state index contributed by atoms with van der Waals surface area (Å²) in [6.45, 7) is 7.01. The Morgan fingerprint density at radius 3 is 2.79 bits per heavy atom. The lowest BCUT2D eigenvalue weighted by Gasteiger charge is -2.24. The number of nitrogens with zero attached hydrogens (tertiary/aromatic N) is 2. The van der Waals surface area contributed by atoms with Crippen molar-refractivity contribution in [3.05, 3.63) is 35.4 Å². The molecule has 0 amide bonds. The third kappa shape index (κ3) is 3.70. The number of rotatable bonds is 2. The van der Waals surface area contributed by atoms with Crippen LogP contribution in [0.25, 0.3) is 0 Å². The molecule has 0 saturated heterocycles. The first-order valence-electron chi connectivity index (χ1n) is 7.03. The number of nitrogens with two attached hydrogens (primary N) is 1. The molecule has 0 fully saturated rings. The second kappa shape index (κ2) is 6.57. The van der Waals surface area contributed by atoms with Gasteiger partial charge in [0.25, 0.3) is 0 Å². The molecule has 4 nitrogen and oxygen atoms in total. The van der Waals surface area contributed by atoms with Crippen LogP contribution in [0.5, 0.6) is 0 Å². The lowest BCUT2D eigenvalue weighted by Crippen LogP contribution is -2.44. The molecule has 19 heavy (non-hydrogen) atoms. The number of guanidine groups is 1. The smallest absolute Gasteiger partial charge is 0.208 e. The Morgan fingerprint density at radius 2 is 2.11 bits per heavy atom. The Labute approximate surface area is 115 Å². The Hall–Kier alpha value is -1.55. The van der Waals surface area contributed by atoms with Crippen molar-refractivity contribution in [3.8, 4) is 0 Å². The van der Waals surface area contributed by atoms with Crippen LogP contribution in [0.3, 0.4) is 0 Å². The molecule has 0 atom stereocenters. The van der Waals surface area contributed by atoms with E-state index in [9.17, 15) is 0 Å². The van der Waals surface area contributed by atoms with Crippen molar-refractivity contribution in [1.82, 2.24) is 10.3 Å². The van der Waals surface area contributed by atoms with Crippen molar-refractivity contribution < 1.29 is 0 Å². The molecule has 0 unspecified atom stereocenters. The second-order valence-electron chi connectivity index (χ2n) is 5.50. The Bertz CT molecular complexity index is 440. The summed E-state index contributed by atoms with van der Waals surface area (Å²) in [5.74, 6) is 6.99. The van der Waals surface area contributed by atoms with Gasteiger partial charge >= 0.3 is 0 Å². The molecule has 0 aliphatic carbocycles. The lowest BCUT2D eigenvalue weighted by atomic mass is 10.0. The molecule has 1 aromatic rings. The predicted octanol–water partition coefficient (Wildman–Crippen LogP) is 1.91. The molecule has 1 heterocycles. The molecule has 1 aliphatic rings. The summed E-state index contributed by atoms with van der Waals surface area (Å²) in [6.07, 6.45) is 2.27. The van der Waals surface area contributed by atoms with Crippen LogP contribution in [0.2, 0.25) is 0 Å². The minimum atomic E-state index is 0.544. The average molecular weight is 260 g/mol. The van der Waals surface area contributed by atoms with Gasteiger partial charge in [0.1, 0.15) is 0 Å². The van der Waals surface area contributed by atoms with Crippen molar-refractivity contribution in [3.63, 3.8) is 0 Å². The minimum absolute atomic E-state index is 0.544. The van der Waals surface area contributed by atoms with Gasteiger partial charge in [-0.3, -0.25) is 10.4 Å². The molecule has 2 rings (SSSR count). The fraction of sp³-hybridized carbons (Fsp3) is 0.533. The maximum atomic E-state index is 5.64. The highest BCUT2D eigenvalue weighted by Crippen LogP contribution is 2.18. The van der Waals surface area contributed by atoms with Crippen LogP contribution in [0, 0.1) is 5.92 Å². The van der Waals surface area contributed by atoms with Gasteiger partial charge < -0.3 is 4.90 Å². The standard InChI is InChI=1S/C15H24N4/c1-12(2)10-17-15(18-16)19-9-5-8-13-6-3-4-7-14(13)11-19/h3-4,6-7,12H,5,8-11,16H2,1-2H3,(H,17,18). The summed E-state index contributed by atoms with van der Waals surface area (Å²) in [7, 11) is 0. The molecule has 4 heteroatoms. The van der Waals surface area contributed by atoms with Gasteiger partial charge in [-0.1, -0.05) is 38.1 Å². The molecule has 0 radical (unpaired) electrons. The largest absolute Gasteiger partial charge is 0.338 e. The van der Waals surface area contributed by atoms with E-state index in [0.717, 1.165) is 38.4 Å². The van der Waals surface area contributed by atoms with Gasteiger partial charge in [0.15, 0.2) is 0 Å². The van der Waals surface area contributed by atoms with E-state index in [1.807, 2.05) is 0 Å². The third-order valence-corrected chi connectivity index (χ3v) is 3.39. The lowest BCUT2D eigenvalue weighted by molar-refractivity contribution is 0.399. The van der Waals surface area contributed by atoms with E-state index in [1.54, 1.807) is 0 Å². The summed E-state index contributed by atoms with van der Waals surface area (Å²) in [5.41, 5.74) is 5.59. The zero-order chi connectivity index (χ0) is 13.7. The maximum Gasteiger partial charge on any atom is 0.208 e. The van der Waals surface area contributed by atoms with E-state index in [1.165, 1.54) is 11.1 Å². The van der Waals surface area contributed by atoms with Gasteiger partial charge in [-0.2, -0.15) is 0 Å². The molecule has 0 spiro atoms. The SMILES string of the molecule is CC(C)CN=C(NN)N1CCCc2ccccc2C1. The van der Waals surface area contributed by atoms with Crippen LogP contribution in [0.15, 0.2) is 29.3 Å². The number of aliphatic imine (C=N–C) groups is 1. The predicted molar refractivity (Wildman–Crippen MR) is 79.6 cm³/mol. The Balaban J connectivity index is 2.14. The van der Waals surface area contributed by atoms with Gasteiger partial charge in [0.2, 0.25) is 5.96 Å². The number of hydrogen-bond acceptors (Lipinski definition) is 2. The van der Waals surface area contributed by atoms with E-state index < -0.39 is 0 Å². The van der Waals surface area contributed by atoms with E-state index in [0.29, 0.717) is 5.92 Å². The number of nitrogens with one attached hydrogen (secondary N) is 1. The molecular formula is C15H24N4. The summed E-state index contributed by atoms with van der Waals surface area (Å²) in [6, 6.07) is 8.64. The van der Waals surface area contributed by atoms with Crippen LogP contribution >= 0.6 is 0 Å². The number of hydrogen-bond donors (Lipinski definition) is 2. The molecule has 3 N–H and O–H groups in total. The monoisotopic (exact) mass is 260 g/mol. The highest BCUT2D eigenvalue weighted by Gasteiger charge is 2.16. The normalized spacial score (nSPS) is 16.2. The third-order valence-electron chi connectivity index (χ3n) is 3.39. The first-order chi connectivity index (χ1) is 9.20. The summed E-state index contributed by atoms with van der Waals surface area (Å²) < 4.78 is 0. The fourth-order valence-electron chi connectivity index (χ4n) is 2.39. The molecular weight excluding hydrogens is 236 g/mol. The maximum absolute atomic E-state index is 5.64. The highest BCUT2D eigenvalue weighted by molar-refractivity contribution is 5.79. The van der Waals surface area contributed by atoms with Gasteiger partial charge in [-0.25, -0.2) is 5.84 Å². The van der Waals surface area contributed by atoms with Gasteiger partial charge in [-0.15, -0.1) is 0 Å². The zero-order valence-electron chi connectivity index (χ0n) is 11.9. The van der Waals surface area contributed by atoms with E-state index in [4.69, 9.17) is 5.84 Å². The van der Waals surface area contributed by atoms with Crippen LogP contribution in [0.1, 0.15) is 31.4 Å². The second-order valence-corrected chi connectivity index (χ2v) is 5.50. The molecule has 0 aromatic heterocycles. The fourth-order valence-corrected chi connectivity index (χ4v) is 2.39. The van der Waals surface area contributed by atoms with E-state index in [2.05, 4.69) is 53.4 Å². The Kier molecular flexibility index (Phi) is 4.80. The number of benzene rings is 1. The van der Waals surface area contributed by atoms with E-state index >= 15 is 0 Å². The molecule has 0 bridgehead atoms. The van der Waals surface area contributed by atoms with Crippen LogP contribution in [0.4, 0.5) is 0 Å². The first kappa shape index (κ1) is 13.9. The van der Waals surface area contributed by atoms with Crippen molar-refractivity contribution in [2.45, 2.75) is 33.2 Å². The molecule has 1 aromatic carbocycles. The average Bonchev–Trinajstić information content (AvgIpc) is 2.61. The Morgan fingerprint density at radius 1 is 1.37 bits per heavy atom. The van der Waals surface area contributed by atoms with Gasteiger partial charge in [0, 0.05) is 19.6 Å². The van der Waals surface area contributed by atoms with Crippen LogP contribution in [-0.2, 0) is 13.0 Å². The number of aryl methyl sites for hydroxylation is 1. The summed E-state index contributed by atoms with van der Waals surface area (Å²) >= 11 is 0. The number of fused-ring (bicyclic) bond motifs is 1. The van der Waals surface area contributed by atoms with E-state index in [-0.39, 0.29) is 0 Å². The highest BCUT2D eigenvalue weighted by atomic mass is 15.4. The minimum Gasteiger partial charge on any atom is -0.338 e. The quantitative estimate of drug-likeness (QED) is 0.370. The number of hydrazine groups is 1. The summed E-state index contributed by atoms with van der Waals surface area (Å²) in [4.78, 5) is 6.83. The summed E-state index contributed by atoms with van der Waals surface area (Å²) in [5, 5.41) is 0. The van der Waals surface area contributed by atoms with Crippen molar-refractivity contribution in [1.29, 1.82) is 0 Å².